The lowest BCUT2D eigenvalue weighted by Gasteiger charge is -2.07. The van der Waals surface area contributed by atoms with Gasteiger partial charge in [0.15, 0.2) is 0 Å². The Kier molecular flexibility index (Phi) is 4.71. The number of pyridine rings is 1. The average molecular weight is 272 g/mol. The Morgan fingerprint density at radius 1 is 1.53 bits per heavy atom. The van der Waals surface area contributed by atoms with Gasteiger partial charge in [-0.05, 0) is 42.0 Å². The van der Waals surface area contributed by atoms with Crippen molar-refractivity contribution in [3.05, 3.63) is 22.4 Å². The largest absolute Gasteiger partial charge is 0.324 e. The molecule has 0 bridgehead atoms. The number of hydrogen-bond acceptors (Lipinski definition) is 3. The van der Waals surface area contributed by atoms with E-state index in [1.807, 2.05) is 20.0 Å². The second-order valence-corrected chi connectivity index (χ2v) is 3.98. The van der Waals surface area contributed by atoms with Gasteiger partial charge >= 0.3 is 0 Å². The van der Waals surface area contributed by atoms with E-state index in [2.05, 4.69) is 31.5 Å². The molecular weight excluding hydrogens is 258 g/mol. The summed E-state index contributed by atoms with van der Waals surface area (Å²) in [6.07, 6.45) is 0.464. The van der Waals surface area contributed by atoms with E-state index in [0.717, 1.165) is 16.0 Å². The standard InChI is InChI=1S/C10H14BrN3O/c1-7-8(3-4-9(11)13-7)14-10(15)5-6-12-2/h3-4,12H,5-6H2,1-2H3,(H,14,15). The molecule has 82 valence electrons. The van der Waals surface area contributed by atoms with Gasteiger partial charge in [0.25, 0.3) is 0 Å². The first kappa shape index (κ1) is 12.1. The van der Waals surface area contributed by atoms with Crippen molar-refractivity contribution >= 4 is 27.5 Å². The van der Waals surface area contributed by atoms with Gasteiger partial charge in [-0.15, -0.1) is 0 Å². The summed E-state index contributed by atoms with van der Waals surface area (Å²) in [5.41, 5.74) is 1.57. The van der Waals surface area contributed by atoms with Crippen molar-refractivity contribution in [2.24, 2.45) is 0 Å². The van der Waals surface area contributed by atoms with Crippen LogP contribution < -0.4 is 10.6 Å². The van der Waals surface area contributed by atoms with Gasteiger partial charge in [-0.3, -0.25) is 4.79 Å². The maximum atomic E-state index is 11.4. The van der Waals surface area contributed by atoms with E-state index in [1.54, 1.807) is 6.07 Å². The Balaban J connectivity index is 2.60. The number of amides is 1. The lowest BCUT2D eigenvalue weighted by atomic mass is 10.3. The molecule has 0 saturated heterocycles. The molecule has 0 atom stereocenters. The number of anilines is 1. The zero-order valence-corrected chi connectivity index (χ0v) is 10.4. The van der Waals surface area contributed by atoms with Crippen LogP contribution in [0.2, 0.25) is 0 Å². The molecule has 2 N–H and O–H groups in total. The van der Waals surface area contributed by atoms with E-state index in [-0.39, 0.29) is 5.91 Å². The molecule has 0 aliphatic heterocycles. The number of carbonyl (C=O) groups excluding carboxylic acids is 1. The molecular formula is C10H14BrN3O. The van der Waals surface area contributed by atoms with Crippen LogP contribution in [-0.2, 0) is 4.79 Å². The van der Waals surface area contributed by atoms with Gasteiger partial charge in [-0.25, -0.2) is 4.98 Å². The van der Waals surface area contributed by atoms with Crippen LogP contribution in [0.4, 0.5) is 5.69 Å². The van der Waals surface area contributed by atoms with Crippen LogP contribution in [0.3, 0.4) is 0 Å². The number of nitrogens with zero attached hydrogens (tertiary/aromatic N) is 1. The van der Waals surface area contributed by atoms with Crippen LogP contribution in [0.1, 0.15) is 12.1 Å². The number of hydrogen-bond donors (Lipinski definition) is 2. The number of nitrogens with one attached hydrogen (secondary N) is 2. The molecule has 0 aliphatic rings. The predicted octanol–water partition coefficient (Wildman–Crippen LogP) is 1.70. The van der Waals surface area contributed by atoms with Crippen molar-refractivity contribution in [3.8, 4) is 0 Å². The highest BCUT2D eigenvalue weighted by molar-refractivity contribution is 9.10. The van der Waals surface area contributed by atoms with Crippen LogP contribution in [0, 0.1) is 6.92 Å². The average Bonchev–Trinajstić information content (AvgIpc) is 2.19. The molecule has 0 unspecified atom stereocenters. The Bertz CT molecular complexity index is 355. The number of carbonyl (C=O) groups is 1. The van der Waals surface area contributed by atoms with E-state index in [1.165, 1.54) is 0 Å². The maximum absolute atomic E-state index is 11.4. The van der Waals surface area contributed by atoms with Gasteiger partial charge in [0, 0.05) is 13.0 Å². The summed E-state index contributed by atoms with van der Waals surface area (Å²) < 4.78 is 0.772. The molecule has 1 aromatic rings. The monoisotopic (exact) mass is 271 g/mol. The van der Waals surface area contributed by atoms with Gasteiger partial charge in [0.2, 0.25) is 5.91 Å². The fraction of sp³-hybridized carbons (Fsp3) is 0.400. The minimum Gasteiger partial charge on any atom is -0.324 e. The summed E-state index contributed by atoms with van der Waals surface area (Å²) in [4.78, 5) is 15.6. The normalized spacial score (nSPS) is 10.1. The molecule has 0 radical (unpaired) electrons. The Morgan fingerprint density at radius 2 is 2.27 bits per heavy atom. The van der Waals surface area contributed by atoms with Gasteiger partial charge in [-0.2, -0.15) is 0 Å². The summed E-state index contributed by atoms with van der Waals surface area (Å²) in [5.74, 6) is -0.00317. The van der Waals surface area contributed by atoms with Crippen LogP contribution in [0.25, 0.3) is 0 Å². The molecule has 4 nitrogen and oxygen atoms in total. The predicted molar refractivity (Wildman–Crippen MR) is 63.8 cm³/mol. The van der Waals surface area contributed by atoms with Crippen molar-refractivity contribution in [2.45, 2.75) is 13.3 Å². The summed E-state index contributed by atoms with van der Waals surface area (Å²) in [7, 11) is 1.82. The third kappa shape index (κ3) is 3.97. The lowest BCUT2D eigenvalue weighted by molar-refractivity contribution is -0.116. The lowest BCUT2D eigenvalue weighted by Crippen LogP contribution is -2.19. The SMILES string of the molecule is CNCCC(=O)Nc1ccc(Br)nc1C. The minimum atomic E-state index is -0.00317. The highest BCUT2D eigenvalue weighted by atomic mass is 79.9. The highest BCUT2D eigenvalue weighted by Gasteiger charge is 2.04. The van der Waals surface area contributed by atoms with Gasteiger partial charge in [0.05, 0.1) is 11.4 Å². The molecule has 0 aromatic carbocycles. The summed E-state index contributed by atoms with van der Waals surface area (Å²) in [6.45, 7) is 2.54. The van der Waals surface area contributed by atoms with Crippen molar-refractivity contribution in [3.63, 3.8) is 0 Å². The molecule has 1 aromatic heterocycles. The van der Waals surface area contributed by atoms with Crippen molar-refractivity contribution < 1.29 is 4.79 Å². The Labute approximate surface area is 97.6 Å². The van der Waals surface area contributed by atoms with Crippen molar-refractivity contribution in [1.29, 1.82) is 0 Å². The molecule has 5 heteroatoms. The third-order valence-corrected chi connectivity index (χ3v) is 2.37. The summed E-state index contributed by atoms with van der Waals surface area (Å²) in [5, 5.41) is 5.73. The van der Waals surface area contributed by atoms with Gasteiger partial charge in [-0.1, -0.05) is 0 Å². The van der Waals surface area contributed by atoms with Gasteiger partial charge < -0.3 is 10.6 Å². The maximum Gasteiger partial charge on any atom is 0.225 e. The van der Waals surface area contributed by atoms with Crippen LogP contribution in [0.5, 0.6) is 0 Å². The van der Waals surface area contributed by atoms with E-state index in [9.17, 15) is 4.79 Å². The molecule has 1 rings (SSSR count). The number of halogens is 1. The first-order valence-electron chi connectivity index (χ1n) is 4.71. The summed E-state index contributed by atoms with van der Waals surface area (Å²) >= 11 is 3.27. The van der Waals surface area contributed by atoms with Crippen LogP contribution in [-0.4, -0.2) is 24.5 Å². The molecule has 0 aliphatic carbocycles. The molecule has 1 heterocycles. The molecule has 15 heavy (non-hydrogen) atoms. The fourth-order valence-corrected chi connectivity index (χ4v) is 1.51. The summed E-state index contributed by atoms with van der Waals surface area (Å²) in [6, 6.07) is 3.64. The smallest absolute Gasteiger partial charge is 0.225 e. The zero-order valence-electron chi connectivity index (χ0n) is 8.80. The quantitative estimate of drug-likeness (QED) is 0.820. The number of aryl methyl sites for hydroxylation is 1. The van der Waals surface area contributed by atoms with Crippen LogP contribution >= 0.6 is 15.9 Å². The van der Waals surface area contributed by atoms with Gasteiger partial charge in [0.1, 0.15) is 4.60 Å². The molecule has 0 saturated carbocycles. The Hall–Kier alpha value is -0.940. The molecule has 1 amide bonds. The zero-order chi connectivity index (χ0) is 11.3. The van der Waals surface area contributed by atoms with E-state index >= 15 is 0 Å². The van der Waals surface area contributed by atoms with E-state index in [4.69, 9.17) is 0 Å². The topological polar surface area (TPSA) is 54.0 Å². The first-order valence-corrected chi connectivity index (χ1v) is 5.50. The number of aromatic nitrogens is 1. The third-order valence-electron chi connectivity index (χ3n) is 1.93. The van der Waals surface area contributed by atoms with Crippen molar-refractivity contribution in [1.82, 2.24) is 10.3 Å². The fourth-order valence-electron chi connectivity index (χ4n) is 1.11. The van der Waals surface area contributed by atoms with Crippen molar-refractivity contribution in [2.75, 3.05) is 18.9 Å². The second kappa shape index (κ2) is 5.82. The highest BCUT2D eigenvalue weighted by Crippen LogP contribution is 2.16. The molecule has 0 fully saturated rings. The van der Waals surface area contributed by atoms with E-state index < -0.39 is 0 Å². The number of rotatable bonds is 4. The molecule has 0 spiro atoms. The van der Waals surface area contributed by atoms with E-state index in [0.29, 0.717) is 13.0 Å². The van der Waals surface area contributed by atoms with Crippen LogP contribution in [0.15, 0.2) is 16.7 Å². The first-order chi connectivity index (χ1) is 7.13. The minimum absolute atomic E-state index is 0.00317. The Morgan fingerprint density at radius 3 is 2.87 bits per heavy atom. The second-order valence-electron chi connectivity index (χ2n) is 3.17.